The van der Waals surface area contributed by atoms with Crippen LogP contribution in [0.1, 0.15) is 32.1 Å². The zero-order valence-electron chi connectivity index (χ0n) is 19.6. The molecule has 0 saturated carbocycles. The van der Waals surface area contributed by atoms with Crippen molar-refractivity contribution < 1.29 is 19.1 Å². The summed E-state index contributed by atoms with van der Waals surface area (Å²) in [4.78, 5) is 43.5. The van der Waals surface area contributed by atoms with E-state index in [-0.39, 0.29) is 24.0 Å². The van der Waals surface area contributed by atoms with Gasteiger partial charge in [-0.3, -0.25) is 9.78 Å². The van der Waals surface area contributed by atoms with E-state index in [1.54, 1.807) is 23.5 Å². The van der Waals surface area contributed by atoms with Crippen LogP contribution < -0.4 is 10.1 Å². The summed E-state index contributed by atoms with van der Waals surface area (Å²) in [5, 5.41) is 2.67. The first-order valence-electron chi connectivity index (χ1n) is 11.2. The molecule has 184 valence electrons. The molecule has 1 aliphatic heterocycles. The molecule has 4 rings (SSSR count). The van der Waals surface area contributed by atoms with Gasteiger partial charge in [-0.15, -0.1) is 0 Å². The van der Waals surface area contributed by atoms with Gasteiger partial charge in [-0.2, -0.15) is 0 Å². The first-order chi connectivity index (χ1) is 16.9. The Hall–Kier alpha value is -3.47. The van der Waals surface area contributed by atoms with Gasteiger partial charge in [0.25, 0.3) is 0 Å². The van der Waals surface area contributed by atoms with Crippen LogP contribution in [0, 0.1) is 5.92 Å². The van der Waals surface area contributed by atoms with Gasteiger partial charge in [-0.25, -0.2) is 14.8 Å². The number of likely N-dealkylation sites (tertiary alicyclic amines) is 1. The average molecular weight is 543 g/mol. The molecule has 2 aromatic heterocycles. The normalized spacial score (nSPS) is 18.4. The van der Waals surface area contributed by atoms with Crippen molar-refractivity contribution in [2.75, 3.05) is 13.7 Å². The highest BCUT2D eigenvalue weighted by atomic mass is 79.9. The number of alkyl carbamates (subject to hydrolysis) is 1. The van der Waals surface area contributed by atoms with Gasteiger partial charge in [0.2, 0.25) is 11.8 Å². The number of carbonyl (C=O) groups is 2. The zero-order chi connectivity index (χ0) is 24.9. The first kappa shape index (κ1) is 24.6. The quantitative estimate of drug-likeness (QED) is 0.466. The molecular formula is C24H27BrN6O4. The molecule has 1 fully saturated rings. The summed E-state index contributed by atoms with van der Waals surface area (Å²) in [6.07, 6.45) is 5.93. The first-order valence-corrected chi connectivity index (χ1v) is 12.0. The molecule has 0 radical (unpaired) electrons. The number of hydrogen-bond acceptors (Lipinski definition) is 7. The largest absolute Gasteiger partial charge is 0.471 e. The number of ether oxygens (including phenoxy) is 2. The van der Waals surface area contributed by atoms with E-state index in [9.17, 15) is 9.59 Å². The van der Waals surface area contributed by atoms with E-state index in [0.717, 1.165) is 15.7 Å². The minimum absolute atomic E-state index is 0.155. The number of H-pyrrole nitrogens is 1. The topological polar surface area (TPSA) is 122 Å². The van der Waals surface area contributed by atoms with Crippen LogP contribution in [0.4, 0.5) is 4.79 Å². The number of imidazole rings is 1. The van der Waals surface area contributed by atoms with Crippen molar-refractivity contribution >= 4 is 27.9 Å². The van der Waals surface area contributed by atoms with Crippen LogP contribution in [-0.2, 0) is 9.53 Å². The maximum atomic E-state index is 13.7. The van der Waals surface area contributed by atoms with Crippen molar-refractivity contribution in [2.45, 2.75) is 38.5 Å². The third kappa shape index (κ3) is 5.79. The maximum Gasteiger partial charge on any atom is 0.407 e. The molecule has 2 N–H and O–H groups in total. The summed E-state index contributed by atoms with van der Waals surface area (Å²) >= 11 is 3.45. The third-order valence-corrected chi connectivity index (χ3v) is 6.36. The van der Waals surface area contributed by atoms with E-state index in [0.29, 0.717) is 24.7 Å². The molecule has 35 heavy (non-hydrogen) atoms. The van der Waals surface area contributed by atoms with Crippen LogP contribution in [-0.4, -0.2) is 62.6 Å². The lowest BCUT2D eigenvalue weighted by atomic mass is 10.0. The van der Waals surface area contributed by atoms with Gasteiger partial charge in [0.1, 0.15) is 18.0 Å². The second-order valence-electron chi connectivity index (χ2n) is 8.57. The molecule has 0 aliphatic carbocycles. The van der Waals surface area contributed by atoms with Gasteiger partial charge in [-0.1, -0.05) is 41.9 Å². The Bertz CT molecular complexity index is 1150. The molecule has 3 aromatic rings. The van der Waals surface area contributed by atoms with Crippen LogP contribution in [0.15, 0.2) is 53.5 Å². The van der Waals surface area contributed by atoms with E-state index in [4.69, 9.17) is 9.47 Å². The monoisotopic (exact) mass is 542 g/mol. The van der Waals surface area contributed by atoms with Crippen LogP contribution in [0.3, 0.4) is 0 Å². The number of nitrogens with zero attached hydrogens (tertiary/aromatic N) is 4. The Morgan fingerprint density at radius 1 is 1.17 bits per heavy atom. The SMILES string of the molecule is COC(=O)NC(C(=O)N1CC(Oc2cnccn2)CC1c1ncc(-c2ccc(Br)cc2)[nH]1)C(C)C. The van der Waals surface area contributed by atoms with Crippen LogP contribution in [0.25, 0.3) is 11.3 Å². The molecule has 1 aromatic carbocycles. The summed E-state index contributed by atoms with van der Waals surface area (Å²) in [6, 6.07) is 6.73. The van der Waals surface area contributed by atoms with Crippen LogP contribution >= 0.6 is 15.9 Å². The molecule has 2 amide bonds. The number of rotatable bonds is 7. The van der Waals surface area contributed by atoms with E-state index in [1.165, 1.54) is 13.3 Å². The van der Waals surface area contributed by atoms with Gasteiger partial charge < -0.3 is 24.7 Å². The van der Waals surface area contributed by atoms with Gasteiger partial charge in [0.05, 0.1) is 37.8 Å². The molecule has 3 atom stereocenters. The Morgan fingerprint density at radius 3 is 2.60 bits per heavy atom. The highest BCUT2D eigenvalue weighted by molar-refractivity contribution is 9.10. The maximum absolute atomic E-state index is 13.7. The van der Waals surface area contributed by atoms with E-state index >= 15 is 0 Å². The predicted octanol–water partition coefficient (Wildman–Crippen LogP) is 3.73. The van der Waals surface area contributed by atoms with Gasteiger partial charge in [0.15, 0.2) is 0 Å². The van der Waals surface area contributed by atoms with Crippen molar-refractivity contribution in [2.24, 2.45) is 5.92 Å². The number of amides is 2. The van der Waals surface area contributed by atoms with Gasteiger partial charge >= 0.3 is 6.09 Å². The Kier molecular flexibility index (Phi) is 7.64. The fraction of sp³-hybridized carbons (Fsp3) is 0.375. The number of aromatic nitrogens is 4. The standard InChI is InChI=1S/C24H27BrN6O4/c1-14(2)21(30-24(33)34-3)23(32)31-13-17(35-20-12-26-8-9-27-20)10-19(31)22-28-11-18(29-22)15-4-6-16(25)7-5-15/h4-9,11-12,14,17,19,21H,10,13H2,1-3H3,(H,28,29)(H,30,33). The summed E-state index contributed by atoms with van der Waals surface area (Å²) < 4.78 is 11.7. The number of methoxy groups -OCH3 is 1. The number of benzene rings is 1. The Labute approximate surface area is 211 Å². The van der Waals surface area contributed by atoms with Gasteiger partial charge in [-0.05, 0) is 23.6 Å². The average Bonchev–Trinajstić information content (AvgIpc) is 3.50. The number of nitrogens with one attached hydrogen (secondary N) is 2. The van der Waals surface area contributed by atoms with Crippen molar-refractivity contribution in [3.8, 4) is 17.1 Å². The number of carbonyl (C=O) groups excluding carboxylic acids is 2. The smallest absolute Gasteiger partial charge is 0.407 e. The molecule has 3 unspecified atom stereocenters. The summed E-state index contributed by atoms with van der Waals surface area (Å²) in [7, 11) is 1.27. The summed E-state index contributed by atoms with van der Waals surface area (Å²) in [5.74, 6) is 0.634. The fourth-order valence-electron chi connectivity index (χ4n) is 4.06. The lowest BCUT2D eigenvalue weighted by Gasteiger charge is -2.29. The molecule has 0 bridgehead atoms. The lowest BCUT2D eigenvalue weighted by Crippen LogP contribution is -2.51. The molecule has 10 nitrogen and oxygen atoms in total. The number of halogens is 1. The second-order valence-corrected chi connectivity index (χ2v) is 9.49. The van der Waals surface area contributed by atoms with Crippen molar-refractivity contribution in [1.29, 1.82) is 0 Å². The van der Waals surface area contributed by atoms with E-state index in [1.807, 2.05) is 38.1 Å². The van der Waals surface area contributed by atoms with Crippen LogP contribution in [0.2, 0.25) is 0 Å². The molecule has 1 aliphatic rings. The molecular weight excluding hydrogens is 516 g/mol. The number of aromatic amines is 1. The predicted molar refractivity (Wildman–Crippen MR) is 131 cm³/mol. The Balaban J connectivity index is 1.61. The second kappa shape index (κ2) is 10.9. The van der Waals surface area contributed by atoms with Crippen molar-refractivity contribution in [3.05, 3.63) is 59.3 Å². The lowest BCUT2D eigenvalue weighted by molar-refractivity contribution is -0.135. The third-order valence-electron chi connectivity index (χ3n) is 5.83. The summed E-state index contributed by atoms with van der Waals surface area (Å²) in [6.45, 7) is 4.05. The van der Waals surface area contributed by atoms with E-state index < -0.39 is 12.1 Å². The highest BCUT2D eigenvalue weighted by Crippen LogP contribution is 2.34. The van der Waals surface area contributed by atoms with Gasteiger partial charge in [0, 0.05) is 23.3 Å². The molecule has 0 spiro atoms. The van der Waals surface area contributed by atoms with Crippen LogP contribution in [0.5, 0.6) is 5.88 Å². The zero-order valence-corrected chi connectivity index (χ0v) is 21.2. The molecule has 1 saturated heterocycles. The number of hydrogen-bond donors (Lipinski definition) is 2. The molecule has 11 heteroatoms. The van der Waals surface area contributed by atoms with E-state index in [2.05, 4.69) is 41.2 Å². The Morgan fingerprint density at radius 2 is 1.94 bits per heavy atom. The highest BCUT2D eigenvalue weighted by Gasteiger charge is 2.42. The summed E-state index contributed by atoms with van der Waals surface area (Å²) in [5.41, 5.74) is 1.81. The van der Waals surface area contributed by atoms with Crippen molar-refractivity contribution in [3.63, 3.8) is 0 Å². The minimum Gasteiger partial charge on any atom is -0.471 e. The van der Waals surface area contributed by atoms with Crippen molar-refractivity contribution in [1.82, 2.24) is 30.2 Å². The molecule has 3 heterocycles. The minimum atomic E-state index is -0.763. The fourth-order valence-corrected chi connectivity index (χ4v) is 4.33.